The number of nitrogens with one attached hydrogen (secondary N) is 1. The van der Waals surface area contributed by atoms with Gasteiger partial charge in [0, 0.05) is 19.6 Å². The van der Waals surface area contributed by atoms with Gasteiger partial charge in [-0.15, -0.1) is 0 Å². The van der Waals surface area contributed by atoms with Gasteiger partial charge in [-0.1, -0.05) is 24.3 Å². The number of carbonyl (C=O) groups is 2. The Balaban J connectivity index is 1.54. The van der Waals surface area contributed by atoms with Gasteiger partial charge < -0.3 is 15.0 Å². The van der Waals surface area contributed by atoms with Crippen molar-refractivity contribution in [2.24, 2.45) is 5.41 Å². The van der Waals surface area contributed by atoms with Crippen LogP contribution in [0, 0.1) is 18.2 Å². The average molecular weight is 398 g/mol. The molecule has 5 nitrogen and oxygen atoms in total. The minimum Gasteiger partial charge on any atom is -0.484 e. The van der Waals surface area contributed by atoms with Gasteiger partial charge in [-0.05, 0) is 62.1 Å². The van der Waals surface area contributed by atoms with Crippen LogP contribution in [0.5, 0.6) is 5.75 Å². The first-order valence-corrected chi connectivity index (χ1v) is 9.86. The molecule has 1 saturated heterocycles. The normalized spacial score (nSPS) is 18.9. The summed E-state index contributed by atoms with van der Waals surface area (Å²) in [6.45, 7) is 5.23. The third-order valence-electron chi connectivity index (χ3n) is 5.47. The number of halogens is 1. The maximum Gasteiger partial charge on any atom is 0.260 e. The minimum atomic E-state index is -0.632. The van der Waals surface area contributed by atoms with Crippen molar-refractivity contribution in [1.82, 2.24) is 10.2 Å². The third-order valence-corrected chi connectivity index (χ3v) is 5.47. The van der Waals surface area contributed by atoms with Crippen LogP contribution in [0.15, 0.2) is 48.5 Å². The number of carbonyl (C=O) groups excluding carboxylic acids is 2. The van der Waals surface area contributed by atoms with E-state index in [0.717, 1.165) is 24.0 Å². The van der Waals surface area contributed by atoms with Gasteiger partial charge in [0.15, 0.2) is 6.61 Å². The van der Waals surface area contributed by atoms with Crippen molar-refractivity contribution in [2.75, 3.05) is 19.7 Å². The summed E-state index contributed by atoms with van der Waals surface area (Å²) in [5, 5.41) is 3.03. The van der Waals surface area contributed by atoms with E-state index in [1.807, 2.05) is 38.1 Å². The zero-order valence-corrected chi connectivity index (χ0v) is 16.9. The van der Waals surface area contributed by atoms with Crippen LogP contribution in [0.1, 0.15) is 30.9 Å². The fraction of sp³-hybridized carbons (Fsp3) is 0.391. The molecule has 1 N–H and O–H groups in total. The quantitative estimate of drug-likeness (QED) is 0.811. The van der Waals surface area contributed by atoms with Gasteiger partial charge in [0.25, 0.3) is 5.91 Å². The Kier molecular flexibility index (Phi) is 6.52. The highest BCUT2D eigenvalue weighted by molar-refractivity contribution is 5.84. The van der Waals surface area contributed by atoms with Gasteiger partial charge in [-0.3, -0.25) is 9.59 Å². The molecule has 1 aliphatic rings. The van der Waals surface area contributed by atoms with Gasteiger partial charge in [0.05, 0.1) is 5.41 Å². The molecular formula is C23H27FN2O3. The average Bonchev–Trinajstić information content (AvgIpc) is 2.72. The molecule has 3 rings (SSSR count). The van der Waals surface area contributed by atoms with Crippen molar-refractivity contribution in [3.8, 4) is 5.75 Å². The molecule has 1 atom stereocenters. The lowest BCUT2D eigenvalue weighted by Crippen LogP contribution is -2.52. The lowest BCUT2D eigenvalue weighted by Gasteiger charge is -2.39. The number of nitrogens with zero attached hydrogens (tertiary/aromatic N) is 1. The zero-order chi connectivity index (χ0) is 20.9. The lowest BCUT2D eigenvalue weighted by molar-refractivity contribution is -0.142. The Labute approximate surface area is 170 Å². The molecule has 0 unspecified atom stereocenters. The van der Waals surface area contributed by atoms with E-state index in [9.17, 15) is 14.0 Å². The van der Waals surface area contributed by atoms with Gasteiger partial charge in [0.1, 0.15) is 11.6 Å². The molecule has 1 heterocycles. The molecule has 0 spiro atoms. The van der Waals surface area contributed by atoms with Crippen LogP contribution >= 0.6 is 0 Å². The van der Waals surface area contributed by atoms with E-state index in [1.165, 1.54) is 24.3 Å². The van der Waals surface area contributed by atoms with E-state index in [0.29, 0.717) is 25.4 Å². The number of hydrogen-bond donors (Lipinski definition) is 1. The van der Waals surface area contributed by atoms with E-state index in [-0.39, 0.29) is 24.2 Å². The SMILES string of the molecule is Cc1ccccc1CNC(=O)[C@@]1(C)CCCN(C(=O)COc2ccc(F)cc2)C1. The number of benzene rings is 2. The molecule has 154 valence electrons. The number of aryl methyl sites for hydroxylation is 1. The predicted octanol–water partition coefficient (Wildman–Crippen LogP) is 3.46. The summed E-state index contributed by atoms with van der Waals surface area (Å²) in [6.07, 6.45) is 1.49. The second-order valence-corrected chi connectivity index (χ2v) is 7.83. The van der Waals surface area contributed by atoms with E-state index in [4.69, 9.17) is 4.74 Å². The Hall–Kier alpha value is -2.89. The van der Waals surface area contributed by atoms with Crippen molar-refractivity contribution in [3.05, 3.63) is 65.5 Å². The predicted molar refractivity (Wildman–Crippen MR) is 109 cm³/mol. The summed E-state index contributed by atoms with van der Waals surface area (Å²) in [6, 6.07) is 13.5. The standard InChI is InChI=1S/C23H27FN2O3/c1-17-6-3-4-7-18(17)14-25-22(28)23(2)12-5-13-26(16-23)21(27)15-29-20-10-8-19(24)9-11-20/h3-4,6-11H,5,12-16H2,1-2H3,(H,25,28)/t23-/m0/s1. The molecule has 0 radical (unpaired) electrons. The van der Waals surface area contributed by atoms with Crippen molar-refractivity contribution in [3.63, 3.8) is 0 Å². The first-order chi connectivity index (χ1) is 13.9. The van der Waals surface area contributed by atoms with Crippen LogP contribution in [0.4, 0.5) is 4.39 Å². The number of ether oxygens (including phenoxy) is 1. The number of hydrogen-bond acceptors (Lipinski definition) is 3. The number of piperidine rings is 1. The van der Waals surface area contributed by atoms with Crippen molar-refractivity contribution < 1.29 is 18.7 Å². The smallest absolute Gasteiger partial charge is 0.260 e. The number of likely N-dealkylation sites (tertiary alicyclic amines) is 1. The molecular weight excluding hydrogens is 371 g/mol. The van der Waals surface area contributed by atoms with Crippen LogP contribution in [-0.2, 0) is 16.1 Å². The molecule has 0 saturated carbocycles. The summed E-state index contributed by atoms with van der Waals surface area (Å²) in [4.78, 5) is 27.1. The Morgan fingerprint density at radius 2 is 1.90 bits per heavy atom. The zero-order valence-electron chi connectivity index (χ0n) is 16.9. The Morgan fingerprint density at radius 1 is 1.17 bits per heavy atom. The summed E-state index contributed by atoms with van der Waals surface area (Å²) >= 11 is 0. The summed E-state index contributed by atoms with van der Waals surface area (Å²) < 4.78 is 18.4. The van der Waals surface area contributed by atoms with E-state index >= 15 is 0 Å². The van der Waals surface area contributed by atoms with Gasteiger partial charge in [-0.2, -0.15) is 0 Å². The first kappa shape index (κ1) is 20.8. The van der Waals surface area contributed by atoms with E-state index in [1.54, 1.807) is 4.90 Å². The fourth-order valence-corrected chi connectivity index (χ4v) is 3.60. The topological polar surface area (TPSA) is 58.6 Å². The molecule has 1 aliphatic heterocycles. The number of amides is 2. The molecule has 0 aromatic heterocycles. The summed E-state index contributed by atoms with van der Waals surface area (Å²) in [5.74, 6) is -0.132. The highest BCUT2D eigenvalue weighted by Crippen LogP contribution is 2.30. The molecule has 2 amide bonds. The minimum absolute atomic E-state index is 0.0438. The van der Waals surface area contributed by atoms with E-state index < -0.39 is 5.41 Å². The van der Waals surface area contributed by atoms with Crippen molar-refractivity contribution in [1.29, 1.82) is 0 Å². The van der Waals surface area contributed by atoms with E-state index in [2.05, 4.69) is 5.32 Å². The Bertz CT molecular complexity index is 869. The van der Waals surface area contributed by atoms with Crippen LogP contribution < -0.4 is 10.1 Å². The second kappa shape index (κ2) is 9.07. The third kappa shape index (κ3) is 5.34. The van der Waals surface area contributed by atoms with Crippen LogP contribution in [0.2, 0.25) is 0 Å². The summed E-state index contributed by atoms with van der Waals surface area (Å²) in [7, 11) is 0. The van der Waals surface area contributed by atoms with Crippen LogP contribution in [0.25, 0.3) is 0 Å². The van der Waals surface area contributed by atoms with Crippen molar-refractivity contribution >= 4 is 11.8 Å². The molecule has 2 aromatic carbocycles. The van der Waals surface area contributed by atoms with Gasteiger partial charge in [-0.25, -0.2) is 4.39 Å². The monoisotopic (exact) mass is 398 g/mol. The molecule has 1 fully saturated rings. The Morgan fingerprint density at radius 3 is 2.62 bits per heavy atom. The molecule has 29 heavy (non-hydrogen) atoms. The molecule has 2 aromatic rings. The maximum absolute atomic E-state index is 13.0. The lowest BCUT2D eigenvalue weighted by atomic mass is 9.81. The number of rotatable bonds is 6. The molecule has 6 heteroatoms. The second-order valence-electron chi connectivity index (χ2n) is 7.83. The van der Waals surface area contributed by atoms with Crippen LogP contribution in [-0.4, -0.2) is 36.4 Å². The molecule has 0 bridgehead atoms. The largest absolute Gasteiger partial charge is 0.484 e. The molecule has 0 aliphatic carbocycles. The van der Waals surface area contributed by atoms with Gasteiger partial charge >= 0.3 is 0 Å². The summed E-state index contributed by atoms with van der Waals surface area (Å²) in [5.41, 5.74) is 1.59. The maximum atomic E-state index is 13.0. The highest BCUT2D eigenvalue weighted by Gasteiger charge is 2.39. The van der Waals surface area contributed by atoms with Crippen LogP contribution in [0.3, 0.4) is 0 Å². The first-order valence-electron chi connectivity index (χ1n) is 9.86. The van der Waals surface area contributed by atoms with Crippen molar-refractivity contribution in [2.45, 2.75) is 33.2 Å². The van der Waals surface area contributed by atoms with Gasteiger partial charge in [0.2, 0.25) is 5.91 Å². The highest BCUT2D eigenvalue weighted by atomic mass is 19.1. The fourth-order valence-electron chi connectivity index (χ4n) is 3.60.